The van der Waals surface area contributed by atoms with Crippen LogP contribution in [0.15, 0.2) is 34.1 Å². The van der Waals surface area contributed by atoms with Crippen molar-refractivity contribution in [2.24, 2.45) is 0 Å². The van der Waals surface area contributed by atoms with Crippen molar-refractivity contribution >= 4 is 27.3 Å². The number of ether oxygens (including phenoxy) is 1. The molecule has 0 saturated heterocycles. The molecule has 0 radical (unpaired) electrons. The van der Waals surface area contributed by atoms with E-state index in [2.05, 4.69) is 45.4 Å². The summed E-state index contributed by atoms with van der Waals surface area (Å²) >= 11 is 5.13. The maximum Gasteiger partial charge on any atom is 0.122 e. The zero-order valence-electron chi connectivity index (χ0n) is 9.81. The summed E-state index contributed by atoms with van der Waals surface area (Å²) in [6.45, 7) is 2.11. The minimum Gasteiger partial charge on any atom is -0.374 e. The lowest BCUT2D eigenvalue weighted by molar-refractivity contribution is 0.0998. The van der Waals surface area contributed by atoms with Crippen molar-refractivity contribution in [3.05, 3.63) is 39.1 Å². The largest absolute Gasteiger partial charge is 0.374 e. The third-order valence-corrected chi connectivity index (χ3v) is 4.00. The zero-order valence-corrected chi connectivity index (χ0v) is 12.2. The second-order valence-corrected chi connectivity index (χ2v) is 5.52. The lowest BCUT2D eigenvalue weighted by Gasteiger charge is -2.08. The van der Waals surface area contributed by atoms with Gasteiger partial charge < -0.3 is 4.74 Å². The van der Waals surface area contributed by atoms with Gasteiger partial charge in [-0.25, -0.2) is 4.98 Å². The van der Waals surface area contributed by atoms with Crippen molar-refractivity contribution in [3.8, 4) is 11.3 Å². The number of thiazole rings is 1. The molecule has 1 unspecified atom stereocenters. The topological polar surface area (TPSA) is 22.1 Å². The molecule has 0 aliphatic heterocycles. The van der Waals surface area contributed by atoms with Crippen LogP contribution in [0.5, 0.6) is 0 Å². The minimum atomic E-state index is 0.112. The van der Waals surface area contributed by atoms with Gasteiger partial charge in [0.05, 0.1) is 5.69 Å². The highest BCUT2D eigenvalue weighted by Gasteiger charge is 2.13. The fraction of sp³-hybridized carbons (Fsp3) is 0.308. The van der Waals surface area contributed by atoms with Gasteiger partial charge in [0, 0.05) is 22.5 Å². The molecule has 0 fully saturated rings. The van der Waals surface area contributed by atoms with E-state index in [1.165, 1.54) is 0 Å². The minimum absolute atomic E-state index is 0.112. The first-order chi connectivity index (χ1) is 8.24. The normalized spacial score (nSPS) is 12.6. The third-order valence-electron chi connectivity index (χ3n) is 2.57. The summed E-state index contributed by atoms with van der Waals surface area (Å²) in [5, 5.41) is 3.13. The monoisotopic (exact) mass is 311 g/mol. The lowest BCUT2D eigenvalue weighted by Crippen LogP contribution is -1.98. The molecule has 1 aromatic carbocycles. The van der Waals surface area contributed by atoms with E-state index >= 15 is 0 Å². The van der Waals surface area contributed by atoms with Gasteiger partial charge in [0.15, 0.2) is 0 Å². The molecule has 1 aromatic heterocycles. The van der Waals surface area contributed by atoms with Crippen molar-refractivity contribution in [1.29, 1.82) is 0 Å². The van der Waals surface area contributed by atoms with Gasteiger partial charge in [0.25, 0.3) is 0 Å². The van der Waals surface area contributed by atoms with Gasteiger partial charge in [-0.05, 0) is 18.6 Å². The van der Waals surface area contributed by atoms with E-state index < -0.39 is 0 Å². The predicted molar refractivity (Wildman–Crippen MR) is 75.3 cm³/mol. The van der Waals surface area contributed by atoms with Crippen LogP contribution in [0, 0.1) is 0 Å². The van der Waals surface area contributed by atoms with E-state index in [0.717, 1.165) is 27.2 Å². The van der Waals surface area contributed by atoms with Gasteiger partial charge in [-0.1, -0.05) is 35.0 Å². The Hall–Kier alpha value is -0.710. The van der Waals surface area contributed by atoms with Gasteiger partial charge in [-0.2, -0.15) is 0 Å². The van der Waals surface area contributed by atoms with E-state index in [1.807, 2.05) is 12.1 Å². The fourth-order valence-electron chi connectivity index (χ4n) is 1.66. The number of rotatable bonds is 4. The first-order valence-electron chi connectivity index (χ1n) is 5.48. The summed E-state index contributed by atoms with van der Waals surface area (Å²) in [5.41, 5.74) is 2.15. The fourth-order valence-corrected chi connectivity index (χ4v) is 3.04. The molecule has 1 atom stereocenters. The molecule has 0 amide bonds. The maximum atomic E-state index is 5.40. The molecule has 17 heavy (non-hydrogen) atoms. The van der Waals surface area contributed by atoms with E-state index in [4.69, 9.17) is 4.74 Å². The van der Waals surface area contributed by atoms with Crippen LogP contribution in [0.3, 0.4) is 0 Å². The third kappa shape index (κ3) is 2.94. The molecule has 0 bridgehead atoms. The molecule has 2 aromatic rings. The molecule has 4 heteroatoms. The molecule has 90 valence electrons. The highest BCUT2D eigenvalue weighted by Crippen LogP contribution is 2.29. The Balaban J connectivity index is 2.29. The number of halogens is 1. The van der Waals surface area contributed by atoms with Crippen molar-refractivity contribution in [1.82, 2.24) is 4.98 Å². The van der Waals surface area contributed by atoms with Gasteiger partial charge >= 0.3 is 0 Å². The molecule has 2 rings (SSSR count). The molecule has 1 heterocycles. The Morgan fingerprint density at radius 1 is 1.47 bits per heavy atom. The molecule has 0 aliphatic rings. The Labute approximate surface area is 114 Å². The van der Waals surface area contributed by atoms with Crippen molar-refractivity contribution in [2.75, 3.05) is 7.11 Å². The number of methoxy groups -OCH3 is 1. The molecular formula is C13H14BrNOS. The average molecular weight is 312 g/mol. The molecule has 0 N–H and O–H groups in total. The molecule has 0 spiro atoms. The summed E-state index contributed by atoms with van der Waals surface area (Å²) in [7, 11) is 1.73. The summed E-state index contributed by atoms with van der Waals surface area (Å²) in [6, 6.07) is 8.18. The number of hydrogen-bond donors (Lipinski definition) is 0. The molecule has 0 saturated carbocycles. The lowest BCUT2D eigenvalue weighted by atomic mass is 10.2. The van der Waals surface area contributed by atoms with E-state index in [1.54, 1.807) is 18.4 Å². The first-order valence-corrected chi connectivity index (χ1v) is 7.16. The SMILES string of the molecule is CCC(OC)c1nc(-c2cccc(Br)c2)cs1. The van der Waals surface area contributed by atoms with Crippen LogP contribution in [0.2, 0.25) is 0 Å². The summed E-state index contributed by atoms with van der Waals surface area (Å²) in [6.07, 6.45) is 1.06. The van der Waals surface area contributed by atoms with Crippen LogP contribution in [-0.2, 0) is 4.74 Å². The van der Waals surface area contributed by atoms with Crippen molar-refractivity contribution in [2.45, 2.75) is 19.4 Å². The van der Waals surface area contributed by atoms with E-state index in [-0.39, 0.29) is 6.10 Å². The maximum absolute atomic E-state index is 5.40. The molecular weight excluding hydrogens is 298 g/mol. The standard InChI is InChI=1S/C13H14BrNOS/c1-3-12(16-2)13-15-11(8-17-13)9-5-4-6-10(14)7-9/h4-8,12H,3H2,1-2H3. The quantitative estimate of drug-likeness (QED) is 0.818. The first kappa shape index (κ1) is 12.7. The number of aromatic nitrogens is 1. The molecule has 0 aliphatic carbocycles. The smallest absolute Gasteiger partial charge is 0.122 e. The number of benzene rings is 1. The van der Waals surface area contributed by atoms with Crippen molar-refractivity contribution < 1.29 is 4.74 Å². The predicted octanol–water partition coefficient (Wildman–Crippen LogP) is 4.67. The van der Waals surface area contributed by atoms with E-state index in [9.17, 15) is 0 Å². The van der Waals surface area contributed by atoms with Crippen LogP contribution in [0.4, 0.5) is 0 Å². The zero-order chi connectivity index (χ0) is 12.3. The Morgan fingerprint density at radius 2 is 2.29 bits per heavy atom. The second kappa shape index (κ2) is 5.76. The van der Waals surface area contributed by atoms with Crippen LogP contribution in [0.1, 0.15) is 24.5 Å². The summed E-state index contributed by atoms with van der Waals surface area (Å²) < 4.78 is 6.47. The number of nitrogens with zero attached hydrogens (tertiary/aromatic N) is 1. The Morgan fingerprint density at radius 3 is 2.94 bits per heavy atom. The second-order valence-electron chi connectivity index (χ2n) is 3.71. The Bertz CT molecular complexity index is 494. The summed E-state index contributed by atoms with van der Waals surface area (Å²) in [5.74, 6) is 0. The van der Waals surface area contributed by atoms with E-state index in [0.29, 0.717) is 0 Å². The van der Waals surface area contributed by atoms with Gasteiger partial charge in [0.2, 0.25) is 0 Å². The highest BCUT2D eigenvalue weighted by molar-refractivity contribution is 9.10. The molecule has 2 nitrogen and oxygen atoms in total. The van der Waals surface area contributed by atoms with Gasteiger partial charge in [-0.3, -0.25) is 0 Å². The highest BCUT2D eigenvalue weighted by atomic mass is 79.9. The Kier molecular flexibility index (Phi) is 4.31. The van der Waals surface area contributed by atoms with Crippen LogP contribution in [-0.4, -0.2) is 12.1 Å². The van der Waals surface area contributed by atoms with Gasteiger partial charge in [0.1, 0.15) is 11.1 Å². The number of hydrogen-bond acceptors (Lipinski definition) is 3. The van der Waals surface area contributed by atoms with Crippen LogP contribution >= 0.6 is 27.3 Å². The average Bonchev–Trinajstić information content (AvgIpc) is 2.80. The van der Waals surface area contributed by atoms with Gasteiger partial charge in [-0.15, -0.1) is 11.3 Å². The van der Waals surface area contributed by atoms with Crippen molar-refractivity contribution in [3.63, 3.8) is 0 Å². The van der Waals surface area contributed by atoms with Crippen LogP contribution < -0.4 is 0 Å². The summed E-state index contributed by atoms with van der Waals surface area (Å²) in [4.78, 5) is 4.64. The van der Waals surface area contributed by atoms with Crippen LogP contribution in [0.25, 0.3) is 11.3 Å².